The molecule has 1 fully saturated rings. The standard InChI is InChI=1S/C19H28N4O3S/c1-2-11-23-17-8-7-15(27(20,25)26)12-16(17)22-18(23)9-10-19(24)21-13-14-5-3-4-6-14/h7-8,12,14H,2-6,9-11,13H2,1H3,(H,21,24)(H2,20,25,26). The number of carbonyl (C=O) groups excluding carboxylic acids is 1. The maximum Gasteiger partial charge on any atom is 0.238 e. The summed E-state index contributed by atoms with van der Waals surface area (Å²) in [5.74, 6) is 1.46. The Morgan fingerprint density at radius 1 is 1.33 bits per heavy atom. The summed E-state index contributed by atoms with van der Waals surface area (Å²) < 4.78 is 25.2. The van der Waals surface area contributed by atoms with Crippen LogP contribution in [-0.4, -0.2) is 30.4 Å². The van der Waals surface area contributed by atoms with E-state index in [-0.39, 0.29) is 10.8 Å². The molecular formula is C19H28N4O3S. The summed E-state index contributed by atoms with van der Waals surface area (Å²) in [4.78, 5) is 16.8. The lowest BCUT2D eigenvalue weighted by Gasteiger charge is -2.11. The van der Waals surface area contributed by atoms with E-state index in [1.54, 1.807) is 6.07 Å². The summed E-state index contributed by atoms with van der Waals surface area (Å²) in [6.45, 7) is 3.61. The van der Waals surface area contributed by atoms with Crippen molar-refractivity contribution in [1.82, 2.24) is 14.9 Å². The number of aryl methyl sites for hydroxylation is 2. The largest absolute Gasteiger partial charge is 0.356 e. The molecule has 27 heavy (non-hydrogen) atoms. The number of nitrogens with zero attached hydrogens (tertiary/aromatic N) is 2. The number of primary sulfonamides is 1. The van der Waals surface area contributed by atoms with Gasteiger partial charge in [-0.3, -0.25) is 4.79 Å². The predicted octanol–water partition coefficient (Wildman–Crippen LogP) is 2.33. The Hall–Kier alpha value is -1.93. The van der Waals surface area contributed by atoms with Crippen LogP contribution in [0.15, 0.2) is 23.1 Å². The Kier molecular flexibility index (Phi) is 6.16. The first kappa shape index (κ1) is 19.8. The minimum atomic E-state index is -3.76. The molecule has 1 aliphatic carbocycles. The van der Waals surface area contributed by atoms with E-state index >= 15 is 0 Å². The third-order valence-corrected chi connectivity index (χ3v) is 6.12. The minimum Gasteiger partial charge on any atom is -0.356 e. The first-order valence-electron chi connectivity index (χ1n) is 9.67. The fraction of sp³-hybridized carbons (Fsp3) is 0.579. The highest BCUT2D eigenvalue weighted by atomic mass is 32.2. The van der Waals surface area contributed by atoms with Gasteiger partial charge in [-0.25, -0.2) is 18.5 Å². The maximum absolute atomic E-state index is 12.2. The number of aromatic nitrogens is 2. The van der Waals surface area contributed by atoms with Gasteiger partial charge in [-0.15, -0.1) is 0 Å². The number of hydrogen-bond donors (Lipinski definition) is 2. The second kappa shape index (κ2) is 8.39. The summed E-state index contributed by atoms with van der Waals surface area (Å²) in [5, 5.41) is 8.26. The number of benzene rings is 1. The van der Waals surface area contributed by atoms with E-state index in [0.717, 1.165) is 30.9 Å². The molecule has 1 heterocycles. The molecule has 148 valence electrons. The molecule has 8 heteroatoms. The highest BCUT2D eigenvalue weighted by Crippen LogP contribution is 2.24. The van der Waals surface area contributed by atoms with E-state index in [9.17, 15) is 13.2 Å². The normalized spacial score (nSPS) is 15.5. The van der Waals surface area contributed by atoms with Crippen LogP contribution < -0.4 is 10.5 Å². The molecule has 0 aliphatic heterocycles. The second-order valence-electron chi connectivity index (χ2n) is 7.33. The number of amides is 1. The van der Waals surface area contributed by atoms with Crippen molar-refractivity contribution in [2.45, 2.75) is 63.3 Å². The number of nitrogens with one attached hydrogen (secondary N) is 1. The molecule has 0 unspecified atom stereocenters. The molecule has 0 saturated heterocycles. The van der Waals surface area contributed by atoms with Gasteiger partial charge in [0.15, 0.2) is 0 Å². The Bertz CT molecular complexity index is 914. The van der Waals surface area contributed by atoms with Gasteiger partial charge in [0.05, 0.1) is 15.9 Å². The van der Waals surface area contributed by atoms with Gasteiger partial charge in [0.2, 0.25) is 15.9 Å². The van der Waals surface area contributed by atoms with Crippen LogP contribution >= 0.6 is 0 Å². The van der Waals surface area contributed by atoms with Crippen LogP contribution in [0.5, 0.6) is 0 Å². The molecule has 1 amide bonds. The zero-order chi connectivity index (χ0) is 19.4. The van der Waals surface area contributed by atoms with Gasteiger partial charge in [-0.1, -0.05) is 19.8 Å². The van der Waals surface area contributed by atoms with Crippen molar-refractivity contribution in [3.8, 4) is 0 Å². The van der Waals surface area contributed by atoms with Crippen molar-refractivity contribution in [2.75, 3.05) is 6.54 Å². The molecule has 2 aromatic rings. The molecule has 3 N–H and O–H groups in total. The predicted molar refractivity (Wildman–Crippen MR) is 105 cm³/mol. The summed E-state index contributed by atoms with van der Waals surface area (Å²) in [5.41, 5.74) is 1.46. The topological polar surface area (TPSA) is 107 Å². The number of sulfonamides is 1. The highest BCUT2D eigenvalue weighted by molar-refractivity contribution is 7.89. The van der Waals surface area contributed by atoms with Gasteiger partial charge < -0.3 is 9.88 Å². The number of imidazole rings is 1. The SMILES string of the molecule is CCCn1c(CCC(=O)NCC2CCCC2)nc2cc(S(N)(=O)=O)ccc21. The first-order valence-corrected chi connectivity index (χ1v) is 11.2. The molecule has 0 bridgehead atoms. The average molecular weight is 393 g/mol. The van der Waals surface area contributed by atoms with Gasteiger partial charge in [-0.2, -0.15) is 0 Å². The number of hydrogen-bond acceptors (Lipinski definition) is 4. The quantitative estimate of drug-likeness (QED) is 0.719. The van der Waals surface area contributed by atoms with Crippen molar-refractivity contribution >= 4 is 27.0 Å². The summed E-state index contributed by atoms with van der Waals surface area (Å²) >= 11 is 0. The number of rotatable bonds is 8. The van der Waals surface area contributed by atoms with Gasteiger partial charge in [-0.05, 0) is 43.4 Å². The maximum atomic E-state index is 12.2. The van der Waals surface area contributed by atoms with Crippen molar-refractivity contribution in [1.29, 1.82) is 0 Å². The fourth-order valence-electron chi connectivity index (χ4n) is 3.79. The molecule has 1 aliphatic rings. The lowest BCUT2D eigenvalue weighted by atomic mass is 10.1. The van der Waals surface area contributed by atoms with E-state index in [1.165, 1.54) is 37.8 Å². The Balaban J connectivity index is 1.72. The van der Waals surface area contributed by atoms with Crippen molar-refractivity contribution < 1.29 is 13.2 Å². The average Bonchev–Trinajstić information content (AvgIpc) is 3.25. The van der Waals surface area contributed by atoms with Crippen LogP contribution in [-0.2, 0) is 27.8 Å². The van der Waals surface area contributed by atoms with Crippen LogP contribution in [0.3, 0.4) is 0 Å². The Labute approximate surface area is 160 Å². The number of nitrogens with two attached hydrogens (primary N) is 1. The van der Waals surface area contributed by atoms with Crippen LogP contribution in [0.2, 0.25) is 0 Å². The lowest BCUT2D eigenvalue weighted by molar-refractivity contribution is -0.121. The number of carbonyl (C=O) groups is 1. The van der Waals surface area contributed by atoms with Crippen LogP contribution in [0.4, 0.5) is 0 Å². The van der Waals surface area contributed by atoms with Crippen molar-refractivity contribution in [3.63, 3.8) is 0 Å². The van der Waals surface area contributed by atoms with E-state index in [2.05, 4.69) is 21.8 Å². The number of fused-ring (bicyclic) bond motifs is 1. The highest BCUT2D eigenvalue weighted by Gasteiger charge is 2.17. The summed E-state index contributed by atoms with van der Waals surface area (Å²) in [6, 6.07) is 4.74. The van der Waals surface area contributed by atoms with Gasteiger partial charge in [0.25, 0.3) is 0 Å². The van der Waals surface area contributed by atoms with Gasteiger partial charge >= 0.3 is 0 Å². The van der Waals surface area contributed by atoms with E-state index in [1.807, 2.05) is 0 Å². The zero-order valence-corrected chi connectivity index (χ0v) is 16.6. The third kappa shape index (κ3) is 4.87. The fourth-order valence-corrected chi connectivity index (χ4v) is 4.32. The van der Waals surface area contributed by atoms with E-state index in [0.29, 0.717) is 24.3 Å². The molecule has 1 saturated carbocycles. The van der Waals surface area contributed by atoms with E-state index < -0.39 is 10.0 Å². The van der Waals surface area contributed by atoms with Crippen molar-refractivity contribution in [2.24, 2.45) is 11.1 Å². The second-order valence-corrected chi connectivity index (χ2v) is 8.89. The molecule has 1 aromatic carbocycles. The first-order chi connectivity index (χ1) is 12.9. The van der Waals surface area contributed by atoms with Crippen LogP contribution in [0.1, 0.15) is 51.3 Å². The Morgan fingerprint density at radius 2 is 2.07 bits per heavy atom. The molecule has 0 spiro atoms. The van der Waals surface area contributed by atoms with E-state index in [4.69, 9.17) is 5.14 Å². The summed E-state index contributed by atoms with van der Waals surface area (Å²) in [7, 11) is -3.76. The zero-order valence-electron chi connectivity index (χ0n) is 15.8. The third-order valence-electron chi connectivity index (χ3n) is 5.21. The lowest BCUT2D eigenvalue weighted by Crippen LogP contribution is -2.28. The molecule has 7 nitrogen and oxygen atoms in total. The van der Waals surface area contributed by atoms with Crippen LogP contribution in [0, 0.1) is 5.92 Å². The smallest absolute Gasteiger partial charge is 0.238 e. The van der Waals surface area contributed by atoms with Gasteiger partial charge in [0.1, 0.15) is 5.82 Å². The molecule has 0 radical (unpaired) electrons. The molecule has 3 rings (SSSR count). The monoisotopic (exact) mass is 392 g/mol. The Morgan fingerprint density at radius 3 is 2.74 bits per heavy atom. The van der Waals surface area contributed by atoms with Gasteiger partial charge in [0, 0.05) is 25.9 Å². The van der Waals surface area contributed by atoms with Crippen LogP contribution in [0.25, 0.3) is 11.0 Å². The van der Waals surface area contributed by atoms with Crippen molar-refractivity contribution in [3.05, 3.63) is 24.0 Å². The minimum absolute atomic E-state index is 0.0437. The molecule has 0 atom stereocenters. The molecule has 1 aromatic heterocycles. The summed E-state index contributed by atoms with van der Waals surface area (Å²) in [6.07, 6.45) is 6.77. The molecular weight excluding hydrogens is 364 g/mol.